The zero-order chi connectivity index (χ0) is 12.2. The van der Waals surface area contributed by atoms with E-state index in [1.807, 2.05) is 6.20 Å². The summed E-state index contributed by atoms with van der Waals surface area (Å²) >= 11 is 0. The van der Waals surface area contributed by atoms with E-state index in [-0.39, 0.29) is 0 Å². The van der Waals surface area contributed by atoms with Gasteiger partial charge in [0.1, 0.15) is 0 Å². The molecular formula is C14H23N3O. The van der Waals surface area contributed by atoms with Gasteiger partial charge in [-0.05, 0) is 44.7 Å². The quantitative estimate of drug-likeness (QED) is 0.890. The lowest BCUT2D eigenvalue weighted by atomic mass is 9.99. The Labute approximate surface area is 109 Å². The van der Waals surface area contributed by atoms with Gasteiger partial charge in [-0.15, -0.1) is 0 Å². The fourth-order valence-electron chi connectivity index (χ4n) is 3.03. The monoisotopic (exact) mass is 249 g/mol. The highest BCUT2D eigenvalue weighted by Gasteiger charge is 2.18. The molecule has 1 saturated carbocycles. The van der Waals surface area contributed by atoms with E-state index in [2.05, 4.69) is 21.3 Å². The summed E-state index contributed by atoms with van der Waals surface area (Å²) in [6, 6.07) is 0.612. The first-order chi connectivity index (χ1) is 8.92. The molecule has 0 atom stereocenters. The Morgan fingerprint density at radius 2 is 2.00 bits per heavy atom. The average molecular weight is 249 g/mol. The maximum atomic E-state index is 5.87. The number of rotatable bonds is 4. The molecule has 0 radical (unpaired) electrons. The van der Waals surface area contributed by atoms with Gasteiger partial charge in [0.05, 0.1) is 25.0 Å². The highest BCUT2D eigenvalue weighted by Crippen LogP contribution is 2.29. The average Bonchev–Trinajstić information content (AvgIpc) is 3.08. The van der Waals surface area contributed by atoms with Crippen molar-refractivity contribution in [1.29, 1.82) is 0 Å². The molecule has 1 aromatic rings. The fourth-order valence-corrected chi connectivity index (χ4v) is 3.03. The predicted molar refractivity (Wildman–Crippen MR) is 70.8 cm³/mol. The van der Waals surface area contributed by atoms with Crippen LogP contribution in [0, 0.1) is 5.92 Å². The molecule has 0 bridgehead atoms. The summed E-state index contributed by atoms with van der Waals surface area (Å²) in [4.78, 5) is 0. The molecule has 1 N–H and O–H groups in total. The molecule has 2 aliphatic rings. The van der Waals surface area contributed by atoms with Crippen molar-refractivity contribution in [3.05, 3.63) is 12.4 Å². The minimum Gasteiger partial charge on any atom is -0.490 e. The third-order valence-corrected chi connectivity index (χ3v) is 4.22. The van der Waals surface area contributed by atoms with Crippen LogP contribution in [0.2, 0.25) is 0 Å². The van der Waals surface area contributed by atoms with E-state index in [0.717, 1.165) is 25.4 Å². The number of ether oxygens (including phenoxy) is 1. The van der Waals surface area contributed by atoms with Gasteiger partial charge in [-0.1, -0.05) is 12.8 Å². The lowest BCUT2D eigenvalue weighted by Gasteiger charge is -2.22. The first-order valence-electron chi connectivity index (χ1n) is 7.29. The van der Waals surface area contributed by atoms with E-state index < -0.39 is 0 Å². The molecule has 2 fully saturated rings. The third-order valence-electron chi connectivity index (χ3n) is 4.22. The van der Waals surface area contributed by atoms with Crippen LogP contribution in [0.1, 0.15) is 44.6 Å². The normalized spacial score (nSPS) is 22.4. The number of hydrogen-bond donors (Lipinski definition) is 1. The predicted octanol–water partition coefficient (Wildman–Crippen LogP) is 2.38. The molecule has 4 heteroatoms. The van der Waals surface area contributed by atoms with Crippen LogP contribution in [-0.4, -0.2) is 29.5 Å². The second kappa shape index (κ2) is 5.74. The molecule has 0 unspecified atom stereocenters. The van der Waals surface area contributed by atoms with Crippen molar-refractivity contribution < 1.29 is 4.74 Å². The Hall–Kier alpha value is -1.03. The highest BCUT2D eigenvalue weighted by molar-refractivity contribution is 5.12. The van der Waals surface area contributed by atoms with Gasteiger partial charge in [-0.25, -0.2) is 0 Å². The lowest BCUT2D eigenvalue weighted by molar-refractivity contribution is 0.215. The number of aromatic nitrogens is 2. The first kappa shape index (κ1) is 12.0. The molecule has 1 saturated heterocycles. The SMILES string of the molecule is c1nn(C2CCCC2)cc1OCC1CCNCC1. The summed E-state index contributed by atoms with van der Waals surface area (Å²) in [5.74, 6) is 1.65. The zero-order valence-electron chi connectivity index (χ0n) is 11.0. The van der Waals surface area contributed by atoms with Crippen LogP contribution < -0.4 is 10.1 Å². The second-order valence-electron chi connectivity index (χ2n) is 5.60. The molecule has 100 valence electrons. The number of piperidine rings is 1. The summed E-state index contributed by atoms with van der Waals surface area (Å²) in [7, 11) is 0. The van der Waals surface area contributed by atoms with Crippen molar-refractivity contribution in [3.63, 3.8) is 0 Å². The van der Waals surface area contributed by atoms with Gasteiger partial charge < -0.3 is 10.1 Å². The van der Waals surface area contributed by atoms with Gasteiger partial charge in [0, 0.05) is 0 Å². The molecule has 3 rings (SSSR count). The van der Waals surface area contributed by atoms with Crippen LogP contribution in [-0.2, 0) is 0 Å². The Morgan fingerprint density at radius 3 is 2.78 bits per heavy atom. The minimum absolute atomic E-state index is 0.612. The van der Waals surface area contributed by atoms with E-state index in [4.69, 9.17) is 4.74 Å². The van der Waals surface area contributed by atoms with Crippen LogP contribution in [0.4, 0.5) is 0 Å². The molecule has 1 aliphatic carbocycles. The van der Waals surface area contributed by atoms with Crippen LogP contribution in [0.3, 0.4) is 0 Å². The fraction of sp³-hybridized carbons (Fsp3) is 0.786. The van der Waals surface area contributed by atoms with Gasteiger partial charge in [0.15, 0.2) is 5.75 Å². The van der Waals surface area contributed by atoms with Gasteiger partial charge in [-0.3, -0.25) is 4.68 Å². The first-order valence-corrected chi connectivity index (χ1v) is 7.29. The molecular weight excluding hydrogens is 226 g/mol. The van der Waals surface area contributed by atoms with E-state index in [1.54, 1.807) is 0 Å². The Kier molecular flexibility index (Phi) is 3.84. The Morgan fingerprint density at radius 1 is 1.22 bits per heavy atom. The molecule has 18 heavy (non-hydrogen) atoms. The van der Waals surface area contributed by atoms with E-state index in [9.17, 15) is 0 Å². The highest BCUT2D eigenvalue weighted by atomic mass is 16.5. The van der Waals surface area contributed by atoms with E-state index in [0.29, 0.717) is 12.0 Å². The largest absolute Gasteiger partial charge is 0.490 e. The molecule has 0 amide bonds. The summed E-state index contributed by atoms with van der Waals surface area (Å²) in [5, 5.41) is 7.82. The second-order valence-corrected chi connectivity index (χ2v) is 5.60. The maximum Gasteiger partial charge on any atom is 0.157 e. The topological polar surface area (TPSA) is 39.1 Å². The van der Waals surface area contributed by atoms with Crippen LogP contribution in [0.5, 0.6) is 5.75 Å². The van der Waals surface area contributed by atoms with Gasteiger partial charge in [-0.2, -0.15) is 5.10 Å². The minimum atomic E-state index is 0.612. The van der Waals surface area contributed by atoms with Crippen LogP contribution in [0.25, 0.3) is 0 Å². The molecule has 1 aliphatic heterocycles. The van der Waals surface area contributed by atoms with Gasteiger partial charge >= 0.3 is 0 Å². The summed E-state index contributed by atoms with van der Waals surface area (Å²) in [6.07, 6.45) is 11.7. The Bertz CT molecular complexity index is 365. The van der Waals surface area contributed by atoms with Crippen molar-refractivity contribution >= 4 is 0 Å². The molecule has 0 aromatic carbocycles. The van der Waals surface area contributed by atoms with Crippen molar-refractivity contribution in [2.75, 3.05) is 19.7 Å². The molecule has 0 spiro atoms. The summed E-state index contributed by atoms with van der Waals surface area (Å²) in [5.41, 5.74) is 0. The molecule has 2 heterocycles. The summed E-state index contributed by atoms with van der Waals surface area (Å²) in [6.45, 7) is 3.11. The maximum absolute atomic E-state index is 5.87. The lowest BCUT2D eigenvalue weighted by Crippen LogP contribution is -2.30. The van der Waals surface area contributed by atoms with Crippen molar-refractivity contribution in [2.24, 2.45) is 5.92 Å². The third kappa shape index (κ3) is 2.86. The van der Waals surface area contributed by atoms with Gasteiger partial charge in [0.25, 0.3) is 0 Å². The number of nitrogens with one attached hydrogen (secondary N) is 1. The number of nitrogens with zero attached hydrogens (tertiary/aromatic N) is 2. The molecule has 4 nitrogen and oxygen atoms in total. The zero-order valence-corrected chi connectivity index (χ0v) is 11.0. The summed E-state index contributed by atoms with van der Waals surface area (Å²) < 4.78 is 7.98. The van der Waals surface area contributed by atoms with Crippen LogP contribution in [0.15, 0.2) is 12.4 Å². The van der Waals surface area contributed by atoms with Crippen molar-refractivity contribution in [3.8, 4) is 5.75 Å². The van der Waals surface area contributed by atoms with E-state index in [1.165, 1.54) is 38.5 Å². The van der Waals surface area contributed by atoms with E-state index >= 15 is 0 Å². The standard InChI is InChI=1S/C14H23N3O/c1-2-4-13(3-1)17-10-14(9-16-17)18-11-12-5-7-15-8-6-12/h9-10,12-13,15H,1-8,11H2. The smallest absolute Gasteiger partial charge is 0.157 e. The van der Waals surface area contributed by atoms with Gasteiger partial charge in [0.2, 0.25) is 0 Å². The van der Waals surface area contributed by atoms with Crippen molar-refractivity contribution in [1.82, 2.24) is 15.1 Å². The number of hydrogen-bond acceptors (Lipinski definition) is 3. The van der Waals surface area contributed by atoms with Crippen LogP contribution >= 0.6 is 0 Å². The Balaban J connectivity index is 1.50. The molecule has 1 aromatic heterocycles. The van der Waals surface area contributed by atoms with Crippen molar-refractivity contribution in [2.45, 2.75) is 44.6 Å².